The molecule has 10 rings (SSSR count). The molecule has 53 heavy (non-hydrogen) atoms. The molecule has 252 valence electrons. The Balaban J connectivity index is 1.24. The molecule has 0 spiro atoms. The van der Waals surface area contributed by atoms with Crippen molar-refractivity contribution >= 4 is 48.6 Å². The third kappa shape index (κ3) is 5.29. The minimum Gasteiger partial charge on any atom is -0.310 e. The first-order chi connectivity index (χ1) is 26.0. The van der Waals surface area contributed by atoms with Crippen molar-refractivity contribution in [3.8, 4) is 44.5 Å². The van der Waals surface area contributed by atoms with Gasteiger partial charge in [-0.25, -0.2) is 0 Å². The standard InChI is InChI=1S/C51H37NS/c1-51(2)46-28-26-39(32-45(46)50-42(22-14-23-47(50)51)36-19-10-5-11-20-36)52(40-25-27-44-43-21-12-13-24-48(43)53-49(44)33-40)41-30-37(34-15-6-3-7-16-34)29-38(31-41)35-17-8-4-9-18-35/h3-33H,1-2H3. The molecule has 9 aromatic rings. The summed E-state index contributed by atoms with van der Waals surface area (Å²) in [4.78, 5) is 2.47. The fourth-order valence-electron chi connectivity index (χ4n) is 8.43. The summed E-state index contributed by atoms with van der Waals surface area (Å²) in [6.45, 7) is 4.74. The lowest BCUT2D eigenvalue weighted by Crippen LogP contribution is -2.15. The highest BCUT2D eigenvalue weighted by Gasteiger charge is 2.37. The van der Waals surface area contributed by atoms with Gasteiger partial charge < -0.3 is 4.90 Å². The van der Waals surface area contributed by atoms with Crippen molar-refractivity contribution in [2.24, 2.45) is 0 Å². The molecule has 0 N–H and O–H groups in total. The van der Waals surface area contributed by atoms with Gasteiger partial charge in [0.1, 0.15) is 0 Å². The van der Waals surface area contributed by atoms with Gasteiger partial charge in [0, 0.05) is 42.6 Å². The lowest BCUT2D eigenvalue weighted by Gasteiger charge is -2.28. The van der Waals surface area contributed by atoms with Crippen LogP contribution in [0.2, 0.25) is 0 Å². The van der Waals surface area contributed by atoms with E-state index in [4.69, 9.17) is 0 Å². The molecule has 0 saturated heterocycles. The average Bonchev–Trinajstić information content (AvgIpc) is 3.70. The number of nitrogens with zero attached hydrogens (tertiary/aromatic N) is 1. The van der Waals surface area contributed by atoms with Gasteiger partial charge in [0.2, 0.25) is 0 Å². The van der Waals surface area contributed by atoms with E-state index in [-0.39, 0.29) is 5.41 Å². The van der Waals surface area contributed by atoms with Crippen molar-refractivity contribution < 1.29 is 0 Å². The predicted molar refractivity (Wildman–Crippen MR) is 228 cm³/mol. The van der Waals surface area contributed by atoms with Crippen LogP contribution in [0.3, 0.4) is 0 Å². The van der Waals surface area contributed by atoms with Crippen molar-refractivity contribution in [1.29, 1.82) is 0 Å². The Kier molecular flexibility index (Phi) is 7.42. The number of hydrogen-bond acceptors (Lipinski definition) is 2. The van der Waals surface area contributed by atoms with Gasteiger partial charge in [-0.05, 0) is 104 Å². The molecule has 0 bridgehead atoms. The van der Waals surface area contributed by atoms with Crippen LogP contribution >= 0.6 is 11.3 Å². The number of anilines is 3. The van der Waals surface area contributed by atoms with E-state index in [1.807, 2.05) is 11.3 Å². The Morgan fingerprint density at radius 3 is 1.66 bits per heavy atom. The molecule has 0 amide bonds. The summed E-state index contributed by atoms with van der Waals surface area (Å²) in [5, 5.41) is 2.61. The molecule has 1 heterocycles. The molecule has 1 aliphatic rings. The van der Waals surface area contributed by atoms with E-state index in [2.05, 4.69) is 207 Å². The molecule has 0 fully saturated rings. The van der Waals surface area contributed by atoms with E-state index in [1.54, 1.807) is 0 Å². The maximum Gasteiger partial charge on any atom is 0.0476 e. The summed E-state index contributed by atoms with van der Waals surface area (Å²) >= 11 is 1.87. The van der Waals surface area contributed by atoms with Gasteiger partial charge in [0.15, 0.2) is 0 Å². The summed E-state index contributed by atoms with van der Waals surface area (Å²) in [6, 6.07) is 69.2. The Labute approximate surface area is 315 Å². The quantitative estimate of drug-likeness (QED) is 0.167. The summed E-state index contributed by atoms with van der Waals surface area (Å²) in [7, 11) is 0. The highest BCUT2D eigenvalue weighted by atomic mass is 32.1. The summed E-state index contributed by atoms with van der Waals surface area (Å²) in [5.74, 6) is 0. The molecule has 2 heteroatoms. The third-order valence-electron chi connectivity index (χ3n) is 11.0. The zero-order valence-electron chi connectivity index (χ0n) is 29.8. The summed E-state index contributed by atoms with van der Waals surface area (Å²) in [5.41, 5.74) is 16.0. The van der Waals surface area contributed by atoms with Gasteiger partial charge in [0.05, 0.1) is 0 Å². The van der Waals surface area contributed by atoms with Gasteiger partial charge in [-0.15, -0.1) is 11.3 Å². The van der Waals surface area contributed by atoms with Crippen LogP contribution in [-0.2, 0) is 5.41 Å². The van der Waals surface area contributed by atoms with Gasteiger partial charge in [-0.1, -0.05) is 153 Å². The first-order valence-electron chi connectivity index (χ1n) is 18.3. The molecule has 0 aliphatic heterocycles. The van der Waals surface area contributed by atoms with Crippen LogP contribution in [0.5, 0.6) is 0 Å². The number of thiophene rings is 1. The minimum absolute atomic E-state index is 0.123. The molecule has 0 unspecified atom stereocenters. The molecule has 0 radical (unpaired) electrons. The van der Waals surface area contributed by atoms with Gasteiger partial charge >= 0.3 is 0 Å². The van der Waals surface area contributed by atoms with Crippen LogP contribution in [0.1, 0.15) is 25.0 Å². The second kappa shape index (κ2) is 12.5. The van der Waals surface area contributed by atoms with Gasteiger partial charge in [0.25, 0.3) is 0 Å². The molecular formula is C51H37NS. The SMILES string of the molecule is CC1(C)c2ccc(N(c3cc(-c4ccccc4)cc(-c4ccccc4)c3)c3ccc4c(c3)sc3ccccc34)cc2-c2c(-c3ccccc3)cccc21. The topological polar surface area (TPSA) is 3.24 Å². The highest BCUT2D eigenvalue weighted by molar-refractivity contribution is 7.25. The van der Waals surface area contributed by atoms with E-state index >= 15 is 0 Å². The van der Waals surface area contributed by atoms with Crippen LogP contribution in [0.4, 0.5) is 17.1 Å². The Morgan fingerprint density at radius 1 is 0.377 bits per heavy atom. The Bertz CT molecular complexity index is 2740. The Morgan fingerprint density at radius 2 is 0.962 bits per heavy atom. The van der Waals surface area contributed by atoms with Gasteiger partial charge in [-0.2, -0.15) is 0 Å². The maximum atomic E-state index is 2.47. The molecule has 1 nitrogen and oxygen atoms in total. The van der Waals surface area contributed by atoms with Crippen molar-refractivity contribution in [3.05, 3.63) is 199 Å². The van der Waals surface area contributed by atoms with Crippen molar-refractivity contribution in [2.75, 3.05) is 4.90 Å². The van der Waals surface area contributed by atoms with Gasteiger partial charge in [-0.3, -0.25) is 0 Å². The van der Waals surface area contributed by atoms with Crippen LogP contribution in [0.15, 0.2) is 188 Å². The maximum absolute atomic E-state index is 2.47. The van der Waals surface area contributed by atoms with Crippen LogP contribution in [0.25, 0.3) is 64.7 Å². The number of rotatable bonds is 6. The van der Waals surface area contributed by atoms with Crippen molar-refractivity contribution in [3.63, 3.8) is 0 Å². The zero-order valence-corrected chi connectivity index (χ0v) is 30.6. The average molecular weight is 696 g/mol. The first kappa shape index (κ1) is 31.5. The number of benzene rings is 8. The van der Waals surface area contributed by atoms with E-state index in [9.17, 15) is 0 Å². The van der Waals surface area contributed by atoms with Crippen molar-refractivity contribution in [2.45, 2.75) is 19.3 Å². The fourth-order valence-corrected chi connectivity index (χ4v) is 9.56. The fraction of sp³-hybridized carbons (Fsp3) is 0.0588. The smallest absolute Gasteiger partial charge is 0.0476 e. The highest BCUT2D eigenvalue weighted by Crippen LogP contribution is 2.54. The zero-order chi connectivity index (χ0) is 35.5. The second-order valence-corrected chi connectivity index (χ2v) is 15.6. The lowest BCUT2D eigenvalue weighted by atomic mass is 9.82. The molecule has 8 aromatic carbocycles. The van der Waals surface area contributed by atoms with Crippen LogP contribution in [-0.4, -0.2) is 0 Å². The molecule has 0 atom stereocenters. The second-order valence-electron chi connectivity index (χ2n) is 14.6. The number of fused-ring (bicyclic) bond motifs is 6. The van der Waals surface area contributed by atoms with E-state index in [0.29, 0.717) is 0 Å². The minimum atomic E-state index is -0.123. The molecule has 0 saturated carbocycles. The summed E-state index contributed by atoms with van der Waals surface area (Å²) < 4.78 is 2.60. The van der Waals surface area contributed by atoms with Crippen LogP contribution in [0, 0.1) is 0 Å². The summed E-state index contributed by atoms with van der Waals surface area (Å²) in [6.07, 6.45) is 0. The Hall–Kier alpha value is -6.22. The van der Waals surface area contributed by atoms with Crippen molar-refractivity contribution in [1.82, 2.24) is 0 Å². The third-order valence-corrected chi connectivity index (χ3v) is 12.2. The normalized spacial score (nSPS) is 12.9. The monoisotopic (exact) mass is 695 g/mol. The number of hydrogen-bond donors (Lipinski definition) is 0. The molecule has 1 aliphatic carbocycles. The molecule has 1 aromatic heterocycles. The van der Waals surface area contributed by atoms with E-state index < -0.39 is 0 Å². The van der Waals surface area contributed by atoms with E-state index in [0.717, 1.165) is 17.1 Å². The largest absolute Gasteiger partial charge is 0.310 e. The lowest BCUT2D eigenvalue weighted by molar-refractivity contribution is 0.660. The first-order valence-corrected chi connectivity index (χ1v) is 19.2. The molecular weight excluding hydrogens is 659 g/mol. The predicted octanol–water partition coefficient (Wildman–Crippen LogP) is 14.8. The van der Waals surface area contributed by atoms with Crippen LogP contribution < -0.4 is 4.90 Å². The van der Waals surface area contributed by atoms with E-state index in [1.165, 1.54) is 75.8 Å².